The summed E-state index contributed by atoms with van der Waals surface area (Å²) in [5, 5.41) is 19.0. The zero-order valence-electron chi connectivity index (χ0n) is 9.09. The van der Waals surface area contributed by atoms with E-state index in [1.165, 1.54) is 0 Å². The second-order valence-electron chi connectivity index (χ2n) is 3.57. The molecule has 3 N–H and O–H groups in total. The Morgan fingerprint density at radius 3 is 2.94 bits per heavy atom. The van der Waals surface area contributed by atoms with Gasteiger partial charge in [0.1, 0.15) is 24.4 Å². The fraction of sp³-hybridized carbons (Fsp3) is 0.250. The van der Waals surface area contributed by atoms with E-state index in [1.807, 2.05) is 18.2 Å². The Morgan fingerprint density at radius 1 is 1.47 bits per heavy atom. The van der Waals surface area contributed by atoms with Gasteiger partial charge in [-0.1, -0.05) is 12.1 Å². The number of hydrogen-bond acceptors (Lipinski definition) is 5. The van der Waals surface area contributed by atoms with Gasteiger partial charge < -0.3 is 20.0 Å². The lowest BCUT2D eigenvalue weighted by atomic mass is 10.2. The van der Waals surface area contributed by atoms with Crippen LogP contribution in [0.1, 0.15) is 5.76 Å². The molecular weight excluding hydrogens is 220 g/mol. The highest BCUT2D eigenvalue weighted by Gasteiger charge is 2.15. The van der Waals surface area contributed by atoms with E-state index in [2.05, 4.69) is 0 Å². The minimum Gasteiger partial charge on any atom is -0.485 e. The molecule has 2 rings (SSSR count). The molecule has 1 aromatic carbocycles. The van der Waals surface area contributed by atoms with Crippen LogP contribution in [-0.2, 0) is 0 Å². The Balaban J connectivity index is 2.34. The lowest BCUT2D eigenvalue weighted by Gasteiger charge is -2.08. The quantitative estimate of drug-likeness (QED) is 0.820. The molecule has 5 nitrogen and oxygen atoms in total. The summed E-state index contributed by atoms with van der Waals surface area (Å²) in [6.07, 6.45) is -0.754. The van der Waals surface area contributed by atoms with Crippen molar-refractivity contribution in [3.63, 3.8) is 0 Å². The molecule has 0 radical (unpaired) electrons. The van der Waals surface area contributed by atoms with E-state index in [0.29, 0.717) is 16.7 Å². The average Bonchev–Trinajstić information content (AvgIpc) is 2.73. The Morgan fingerprint density at radius 2 is 2.24 bits per heavy atom. The highest BCUT2D eigenvalue weighted by molar-refractivity contribution is 5.86. The van der Waals surface area contributed by atoms with Gasteiger partial charge in [0.2, 0.25) is 5.76 Å². The molecule has 88 valence electrons. The summed E-state index contributed by atoms with van der Waals surface area (Å²) >= 11 is 0. The molecule has 2 aromatic rings. The molecule has 0 aliphatic carbocycles. The van der Waals surface area contributed by atoms with E-state index in [9.17, 15) is 5.11 Å². The molecule has 0 aliphatic rings. The second-order valence-corrected chi connectivity index (χ2v) is 3.57. The molecule has 0 bridgehead atoms. The third-order valence-electron chi connectivity index (χ3n) is 2.34. The van der Waals surface area contributed by atoms with E-state index in [-0.39, 0.29) is 18.9 Å². The summed E-state index contributed by atoms with van der Waals surface area (Å²) in [4.78, 5) is 0. The van der Waals surface area contributed by atoms with Gasteiger partial charge in [-0.25, -0.2) is 0 Å². The maximum atomic E-state index is 9.33. The first-order chi connectivity index (χ1) is 8.26. The largest absolute Gasteiger partial charge is 0.485 e. The normalized spacial score (nSPS) is 12.3. The van der Waals surface area contributed by atoms with E-state index in [0.717, 1.165) is 0 Å². The number of nitriles is 1. The molecule has 5 heteroatoms. The van der Waals surface area contributed by atoms with Crippen LogP contribution < -0.4 is 10.5 Å². The van der Waals surface area contributed by atoms with Crippen molar-refractivity contribution in [2.24, 2.45) is 5.73 Å². The first kappa shape index (κ1) is 11.5. The minimum absolute atomic E-state index is 0.0364. The molecule has 1 aromatic heterocycles. The fourth-order valence-electron chi connectivity index (χ4n) is 1.49. The number of rotatable bonds is 4. The van der Waals surface area contributed by atoms with Gasteiger partial charge in [0.05, 0.1) is 5.39 Å². The van der Waals surface area contributed by atoms with Crippen molar-refractivity contribution in [1.29, 1.82) is 5.26 Å². The highest BCUT2D eigenvalue weighted by atomic mass is 16.5. The standard InChI is InChI=1S/C12H12N2O3/c13-5-8(15)7-16-12-9-3-1-2-4-10(9)17-11(12)6-14/h1-4,8,15H,5,7,13H2/t8-/m0/s1. The first-order valence-corrected chi connectivity index (χ1v) is 5.18. The summed E-state index contributed by atoms with van der Waals surface area (Å²) < 4.78 is 10.7. The number of aliphatic hydroxyl groups excluding tert-OH is 1. The predicted molar refractivity (Wildman–Crippen MR) is 61.5 cm³/mol. The monoisotopic (exact) mass is 232 g/mol. The molecule has 17 heavy (non-hydrogen) atoms. The third-order valence-corrected chi connectivity index (χ3v) is 2.34. The highest BCUT2D eigenvalue weighted by Crippen LogP contribution is 2.32. The van der Waals surface area contributed by atoms with Gasteiger partial charge in [-0.2, -0.15) is 5.26 Å². The van der Waals surface area contributed by atoms with Crippen LogP contribution in [0.5, 0.6) is 5.75 Å². The average molecular weight is 232 g/mol. The van der Waals surface area contributed by atoms with Crippen molar-refractivity contribution in [3.8, 4) is 11.8 Å². The second kappa shape index (κ2) is 4.87. The van der Waals surface area contributed by atoms with Crippen LogP contribution in [0.25, 0.3) is 11.0 Å². The third kappa shape index (κ3) is 2.23. The van der Waals surface area contributed by atoms with Crippen LogP contribution in [0, 0.1) is 11.3 Å². The topological polar surface area (TPSA) is 92.4 Å². The molecule has 0 fully saturated rings. The smallest absolute Gasteiger partial charge is 0.246 e. The van der Waals surface area contributed by atoms with Crippen LogP contribution in [0.4, 0.5) is 0 Å². The summed E-state index contributed by atoms with van der Waals surface area (Å²) in [6, 6.07) is 9.11. The number of para-hydroxylation sites is 1. The SMILES string of the molecule is N#Cc1oc2ccccc2c1OC[C@@H](O)CN. The Bertz CT molecular complexity index is 556. The summed E-state index contributed by atoms with van der Waals surface area (Å²) in [6.45, 7) is 0.145. The molecule has 0 spiro atoms. The predicted octanol–water partition coefficient (Wildman–Crippen LogP) is 1.00. The number of fused-ring (bicyclic) bond motifs is 1. The van der Waals surface area contributed by atoms with Crippen molar-refractivity contribution in [2.75, 3.05) is 13.2 Å². The Kier molecular flexibility index (Phi) is 3.28. The van der Waals surface area contributed by atoms with Crippen molar-refractivity contribution in [1.82, 2.24) is 0 Å². The number of nitrogens with zero attached hydrogens (tertiary/aromatic N) is 1. The lowest BCUT2D eigenvalue weighted by molar-refractivity contribution is 0.114. The van der Waals surface area contributed by atoms with Gasteiger partial charge in [-0.15, -0.1) is 0 Å². The fourth-order valence-corrected chi connectivity index (χ4v) is 1.49. The molecular formula is C12H12N2O3. The number of aliphatic hydroxyl groups is 1. The van der Waals surface area contributed by atoms with Gasteiger partial charge in [-0.3, -0.25) is 0 Å². The van der Waals surface area contributed by atoms with Gasteiger partial charge in [-0.05, 0) is 12.1 Å². The zero-order valence-corrected chi connectivity index (χ0v) is 9.09. The minimum atomic E-state index is -0.754. The zero-order chi connectivity index (χ0) is 12.3. The van der Waals surface area contributed by atoms with Crippen molar-refractivity contribution < 1.29 is 14.3 Å². The van der Waals surface area contributed by atoms with Gasteiger partial charge >= 0.3 is 0 Å². The summed E-state index contributed by atoms with van der Waals surface area (Å²) in [7, 11) is 0. The van der Waals surface area contributed by atoms with Gasteiger partial charge in [0.15, 0.2) is 5.75 Å². The molecule has 0 saturated heterocycles. The lowest BCUT2D eigenvalue weighted by Crippen LogP contribution is -2.26. The summed E-state index contributed by atoms with van der Waals surface area (Å²) in [5.41, 5.74) is 5.86. The van der Waals surface area contributed by atoms with Gasteiger partial charge in [0.25, 0.3) is 0 Å². The first-order valence-electron chi connectivity index (χ1n) is 5.18. The van der Waals surface area contributed by atoms with Crippen molar-refractivity contribution in [2.45, 2.75) is 6.10 Å². The molecule has 0 saturated carbocycles. The molecule has 0 amide bonds. The van der Waals surface area contributed by atoms with Gasteiger partial charge in [0, 0.05) is 6.54 Å². The molecule has 1 heterocycles. The van der Waals surface area contributed by atoms with Crippen LogP contribution in [-0.4, -0.2) is 24.4 Å². The number of ether oxygens (including phenoxy) is 1. The molecule has 0 unspecified atom stereocenters. The van der Waals surface area contributed by atoms with Crippen LogP contribution in [0.2, 0.25) is 0 Å². The van der Waals surface area contributed by atoms with E-state index in [1.54, 1.807) is 12.1 Å². The van der Waals surface area contributed by atoms with Crippen LogP contribution in [0.3, 0.4) is 0 Å². The molecule has 0 aliphatic heterocycles. The number of nitrogens with two attached hydrogens (primary N) is 1. The van der Waals surface area contributed by atoms with E-state index in [4.69, 9.17) is 20.1 Å². The summed E-state index contributed by atoms with van der Waals surface area (Å²) in [5.74, 6) is 0.464. The van der Waals surface area contributed by atoms with E-state index >= 15 is 0 Å². The Labute approximate surface area is 98.0 Å². The maximum Gasteiger partial charge on any atom is 0.246 e. The van der Waals surface area contributed by atoms with Crippen LogP contribution in [0.15, 0.2) is 28.7 Å². The molecule has 1 atom stereocenters. The number of benzene rings is 1. The maximum absolute atomic E-state index is 9.33. The van der Waals surface area contributed by atoms with Crippen molar-refractivity contribution in [3.05, 3.63) is 30.0 Å². The van der Waals surface area contributed by atoms with Crippen LogP contribution >= 0.6 is 0 Å². The number of hydrogen-bond donors (Lipinski definition) is 2. The van der Waals surface area contributed by atoms with E-state index < -0.39 is 6.10 Å². The Hall–Kier alpha value is -2.03. The van der Waals surface area contributed by atoms with Crippen molar-refractivity contribution >= 4 is 11.0 Å². The number of furan rings is 1.